The lowest BCUT2D eigenvalue weighted by Crippen LogP contribution is -2.45. The second-order valence-corrected chi connectivity index (χ2v) is 5.49. The zero-order valence-electron chi connectivity index (χ0n) is 13.4. The Kier molecular flexibility index (Phi) is 5.20. The van der Waals surface area contributed by atoms with Gasteiger partial charge in [-0.1, -0.05) is 6.92 Å². The van der Waals surface area contributed by atoms with Crippen LogP contribution in [0.2, 0.25) is 0 Å². The number of amides is 4. The number of likely N-dealkylation sites (N-methyl/N-ethyl adjacent to an activating group) is 1. The molecule has 1 aliphatic rings. The van der Waals surface area contributed by atoms with Crippen LogP contribution in [-0.2, 0) is 29.2 Å². The summed E-state index contributed by atoms with van der Waals surface area (Å²) in [5, 5.41) is 7.20. The molecule has 0 bridgehead atoms. The highest BCUT2D eigenvalue weighted by Crippen LogP contribution is 2.14. The van der Waals surface area contributed by atoms with Crippen LogP contribution in [0.5, 0.6) is 0 Å². The molecule has 9 nitrogen and oxygen atoms in total. The Bertz CT molecular complexity index is 612. The Labute approximate surface area is 134 Å². The van der Waals surface area contributed by atoms with Gasteiger partial charge in [0, 0.05) is 20.0 Å². The first kappa shape index (κ1) is 16.8. The maximum absolute atomic E-state index is 12.2. The van der Waals surface area contributed by atoms with E-state index in [0.29, 0.717) is 32.6 Å². The number of carbonyl (C=O) groups excluding carboxylic acids is 3. The number of rotatable bonds is 5. The Morgan fingerprint density at radius 3 is 2.78 bits per heavy atom. The molecule has 0 saturated heterocycles. The SMILES string of the molecule is CCC(=O)NCc1cc2n(n1)CCN(C(=O)CN(C)C(N)=O)C2. The van der Waals surface area contributed by atoms with Gasteiger partial charge in [0.2, 0.25) is 11.8 Å². The van der Waals surface area contributed by atoms with E-state index in [1.54, 1.807) is 11.8 Å². The molecule has 4 amide bonds. The molecule has 0 aromatic carbocycles. The van der Waals surface area contributed by atoms with Gasteiger partial charge in [0.05, 0.1) is 31.0 Å². The lowest BCUT2D eigenvalue weighted by Gasteiger charge is -2.29. The van der Waals surface area contributed by atoms with Crippen molar-refractivity contribution in [2.45, 2.75) is 33.0 Å². The maximum atomic E-state index is 12.2. The van der Waals surface area contributed by atoms with Crippen molar-refractivity contribution in [3.05, 3.63) is 17.5 Å². The number of nitrogens with zero attached hydrogens (tertiary/aromatic N) is 4. The van der Waals surface area contributed by atoms with E-state index < -0.39 is 6.03 Å². The molecule has 0 spiro atoms. The number of hydrogen-bond donors (Lipinski definition) is 2. The Hall–Kier alpha value is -2.58. The first-order valence-electron chi connectivity index (χ1n) is 7.51. The quantitative estimate of drug-likeness (QED) is 0.743. The van der Waals surface area contributed by atoms with Crippen molar-refractivity contribution in [2.75, 3.05) is 20.1 Å². The number of aromatic nitrogens is 2. The van der Waals surface area contributed by atoms with Gasteiger partial charge in [-0.25, -0.2) is 4.79 Å². The van der Waals surface area contributed by atoms with Crippen molar-refractivity contribution >= 4 is 17.8 Å². The van der Waals surface area contributed by atoms with Crippen molar-refractivity contribution in [1.82, 2.24) is 24.9 Å². The van der Waals surface area contributed by atoms with E-state index in [4.69, 9.17) is 5.73 Å². The summed E-state index contributed by atoms with van der Waals surface area (Å²) in [5.74, 6) is -0.179. The summed E-state index contributed by atoms with van der Waals surface area (Å²) in [5.41, 5.74) is 6.81. The van der Waals surface area contributed by atoms with Gasteiger partial charge in [-0.2, -0.15) is 5.10 Å². The fraction of sp³-hybridized carbons (Fsp3) is 0.571. The molecule has 2 heterocycles. The predicted octanol–water partition coefficient (Wildman–Crippen LogP) is -0.738. The average molecular weight is 322 g/mol. The monoisotopic (exact) mass is 322 g/mol. The van der Waals surface area contributed by atoms with E-state index in [-0.39, 0.29) is 18.4 Å². The summed E-state index contributed by atoms with van der Waals surface area (Å²) in [4.78, 5) is 37.3. The molecule has 0 saturated carbocycles. The van der Waals surface area contributed by atoms with Gasteiger partial charge >= 0.3 is 6.03 Å². The zero-order chi connectivity index (χ0) is 17.0. The van der Waals surface area contributed by atoms with E-state index in [1.165, 1.54) is 11.9 Å². The number of hydrogen-bond acceptors (Lipinski definition) is 4. The largest absolute Gasteiger partial charge is 0.351 e. The van der Waals surface area contributed by atoms with Gasteiger partial charge in [-0.15, -0.1) is 0 Å². The molecule has 9 heteroatoms. The van der Waals surface area contributed by atoms with E-state index in [1.807, 2.05) is 10.7 Å². The van der Waals surface area contributed by atoms with Gasteiger partial charge in [0.1, 0.15) is 6.54 Å². The van der Waals surface area contributed by atoms with Crippen LogP contribution in [0.15, 0.2) is 6.07 Å². The molecule has 3 N–H and O–H groups in total. The molecule has 1 aromatic rings. The molecule has 0 radical (unpaired) electrons. The number of carbonyl (C=O) groups is 3. The molecule has 0 unspecified atom stereocenters. The van der Waals surface area contributed by atoms with Gasteiger partial charge < -0.3 is 20.9 Å². The van der Waals surface area contributed by atoms with Crippen LogP contribution in [0.25, 0.3) is 0 Å². The van der Waals surface area contributed by atoms with Crippen molar-refractivity contribution in [2.24, 2.45) is 5.73 Å². The smallest absolute Gasteiger partial charge is 0.314 e. The second-order valence-electron chi connectivity index (χ2n) is 5.49. The van der Waals surface area contributed by atoms with E-state index in [2.05, 4.69) is 10.4 Å². The first-order valence-corrected chi connectivity index (χ1v) is 7.51. The molecular weight excluding hydrogens is 300 g/mol. The van der Waals surface area contributed by atoms with Crippen LogP contribution in [0.3, 0.4) is 0 Å². The number of primary amides is 1. The highest BCUT2D eigenvalue weighted by molar-refractivity contribution is 5.83. The van der Waals surface area contributed by atoms with Crippen LogP contribution >= 0.6 is 0 Å². The van der Waals surface area contributed by atoms with Gasteiger partial charge in [-0.3, -0.25) is 14.3 Å². The molecule has 1 aromatic heterocycles. The molecule has 2 rings (SSSR count). The normalized spacial score (nSPS) is 13.4. The molecule has 0 atom stereocenters. The van der Waals surface area contributed by atoms with E-state index in [9.17, 15) is 14.4 Å². The summed E-state index contributed by atoms with van der Waals surface area (Å²) < 4.78 is 1.84. The third kappa shape index (κ3) is 4.21. The van der Waals surface area contributed by atoms with Gasteiger partial charge in [-0.05, 0) is 6.07 Å². The van der Waals surface area contributed by atoms with E-state index in [0.717, 1.165) is 11.4 Å². The molecule has 1 aliphatic heterocycles. The topological polar surface area (TPSA) is 114 Å². The second kappa shape index (κ2) is 7.12. The van der Waals surface area contributed by atoms with E-state index >= 15 is 0 Å². The molecular formula is C14H22N6O3. The highest BCUT2D eigenvalue weighted by Gasteiger charge is 2.23. The van der Waals surface area contributed by atoms with Crippen molar-refractivity contribution in [3.63, 3.8) is 0 Å². The third-order valence-corrected chi connectivity index (χ3v) is 3.74. The van der Waals surface area contributed by atoms with Crippen LogP contribution in [0.4, 0.5) is 4.79 Å². The van der Waals surface area contributed by atoms with Crippen LogP contribution in [0, 0.1) is 0 Å². The van der Waals surface area contributed by atoms with Crippen LogP contribution in [-0.4, -0.2) is 57.6 Å². The van der Waals surface area contributed by atoms with Crippen molar-refractivity contribution < 1.29 is 14.4 Å². The van der Waals surface area contributed by atoms with Crippen LogP contribution < -0.4 is 11.1 Å². The van der Waals surface area contributed by atoms with Crippen molar-refractivity contribution in [1.29, 1.82) is 0 Å². The minimum Gasteiger partial charge on any atom is -0.351 e. The van der Waals surface area contributed by atoms with Crippen molar-refractivity contribution in [3.8, 4) is 0 Å². The summed E-state index contributed by atoms with van der Waals surface area (Å²) in [6, 6.07) is 1.25. The average Bonchev–Trinajstić information content (AvgIpc) is 2.94. The maximum Gasteiger partial charge on any atom is 0.314 e. The number of nitrogens with one attached hydrogen (secondary N) is 1. The first-order chi connectivity index (χ1) is 10.9. The number of fused-ring (bicyclic) bond motifs is 1. The van der Waals surface area contributed by atoms with Gasteiger partial charge in [0.15, 0.2) is 0 Å². The lowest BCUT2D eigenvalue weighted by molar-refractivity contribution is -0.133. The zero-order valence-corrected chi connectivity index (χ0v) is 13.4. The summed E-state index contributed by atoms with van der Waals surface area (Å²) >= 11 is 0. The summed E-state index contributed by atoms with van der Waals surface area (Å²) in [6.07, 6.45) is 0.434. The number of urea groups is 1. The Balaban J connectivity index is 1.95. The number of nitrogens with two attached hydrogens (primary N) is 1. The minimum absolute atomic E-state index is 0.0257. The summed E-state index contributed by atoms with van der Waals surface area (Å²) in [6.45, 7) is 3.68. The third-order valence-electron chi connectivity index (χ3n) is 3.74. The van der Waals surface area contributed by atoms with Crippen LogP contribution in [0.1, 0.15) is 24.7 Å². The lowest BCUT2D eigenvalue weighted by atomic mass is 10.2. The standard InChI is InChI=1S/C14H22N6O3/c1-3-12(21)16-7-10-6-11-8-19(4-5-20(11)17-10)13(22)9-18(2)14(15)23/h6H,3-5,7-9H2,1-2H3,(H2,15,23)(H,16,21). The fourth-order valence-corrected chi connectivity index (χ4v) is 2.32. The predicted molar refractivity (Wildman–Crippen MR) is 82.0 cm³/mol. The molecule has 23 heavy (non-hydrogen) atoms. The molecule has 126 valence electrons. The summed E-state index contributed by atoms with van der Waals surface area (Å²) in [7, 11) is 1.49. The molecule has 0 fully saturated rings. The Morgan fingerprint density at radius 1 is 1.39 bits per heavy atom. The highest BCUT2D eigenvalue weighted by atomic mass is 16.2. The Morgan fingerprint density at radius 2 is 2.13 bits per heavy atom. The fourth-order valence-electron chi connectivity index (χ4n) is 2.32. The minimum atomic E-state index is -0.630. The molecule has 0 aliphatic carbocycles. The van der Waals surface area contributed by atoms with Gasteiger partial charge in [0.25, 0.3) is 0 Å².